The Balaban J connectivity index is 0.00000225. The van der Waals surface area contributed by atoms with Crippen LogP contribution in [0.2, 0.25) is 0 Å². The number of hydrogen-bond acceptors (Lipinski definition) is 2. The Labute approximate surface area is 99.5 Å². The van der Waals surface area contributed by atoms with Crippen LogP contribution in [-0.2, 0) is 0 Å². The van der Waals surface area contributed by atoms with Crippen molar-refractivity contribution in [2.24, 2.45) is 5.73 Å². The SMILES string of the molecule is C=CC[C@@H](N)c1c(F)cc(OC)cc1F.Cl. The molecule has 0 aliphatic rings. The quantitative estimate of drug-likeness (QED) is 0.833. The molecule has 0 heterocycles. The van der Waals surface area contributed by atoms with Gasteiger partial charge in [0.05, 0.1) is 7.11 Å². The van der Waals surface area contributed by atoms with E-state index in [-0.39, 0.29) is 23.7 Å². The number of nitrogens with two attached hydrogens (primary N) is 1. The smallest absolute Gasteiger partial charge is 0.134 e. The maximum atomic E-state index is 13.4. The van der Waals surface area contributed by atoms with E-state index in [1.807, 2.05) is 0 Å². The molecule has 1 atom stereocenters. The van der Waals surface area contributed by atoms with Crippen molar-refractivity contribution in [2.75, 3.05) is 7.11 Å². The number of hydrogen-bond donors (Lipinski definition) is 1. The molecule has 0 fully saturated rings. The van der Waals surface area contributed by atoms with Crippen molar-refractivity contribution in [3.8, 4) is 5.75 Å². The van der Waals surface area contributed by atoms with Crippen molar-refractivity contribution in [3.63, 3.8) is 0 Å². The first-order chi connectivity index (χ1) is 7.10. The highest BCUT2D eigenvalue weighted by Gasteiger charge is 2.17. The predicted octanol–water partition coefficient (Wildman–Crippen LogP) is 2.97. The van der Waals surface area contributed by atoms with Gasteiger partial charge in [0.25, 0.3) is 0 Å². The van der Waals surface area contributed by atoms with Crippen LogP contribution in [0.4, 0.5) is 8.78 Å². The van der Waals surface area contributed by atoms with Crippen LogP contribution in [-0.4, -0.2) is 7.11 Å². The van der Waals surface area contributed by atoms with Gasteiger partial charge in [-0.15, -0.1) is 19.0 Å². The van der Waals surface area contributed by atoms with E-state index < -0.39 is 17.7 Å². The van der Waals surface area contributed by atoms with E-state index in [0.717, 1.165) is 12.1 Å². The van der Waals surface area contributed by atoms with E-state index in [4.69, 9.17) is 10.5 Å². The molecule has 0 aliphatic heterocycles. The Bertz CT molecular complexity index is 348. The fraction of sp³-hybridized carbons (Fsp3) is 0.273. The summed E-state index contributed by atoms with van der Waals surface area (Å²) in [7, 11) is 1.34. The summed E-state index contributed by atoms with van der Waals surface area (Å²) >= 11 is 0. The zero-order chi connectivity index (χ0) is 11.4. The summed E-state index contributed by atoms with van der Waals surface area (Å²) in [6.07, 6.45) is 1.84. The fourth-order valence-corrected chi connectivity index (χ4v) is 1.33. The summed E-state index contributed by atoms with van der Waals surface area (Å²) in [4.78, 5) is 0. The maximum absolute atomic E-state index is 13.4. The molecule has 0 spiro atoms. The van der Waals surface area contributed by atoms with E-state index in [2.05, 4.69) is 6.58 Å². The molecule has 1 rings (SSSR count). The van der Waals surface area contributed by atoms with Crippen LogP contribution < -0.4 is 10.5 Å². The minimum atomic E-state index is -0.714. The summed E-state index contributed by atoms with van der Waals surface area (Å²) in [5.41, 5.74) is 5.48. The normalized spacial score (nSPS) is 11.5. The van der Waals surface area contributed by atoms with Crippen molar-refractivity contribution < 1.29 is 13.5 Å². The molecule has 0 saturated heterocycles. The van der Waals surface area contributed by atoms with E-state index in [1.165, 1.54) is 13.2 Å². The Hall–Kier alpha value is -1.13. The average molecular weight is 250 g/mol. The van der Waals surface area contributed by atoms with Gasteiger partial charge >= 0.3 is 0 Å². The Morgan fingerprint density at radius 2 is 1.94 bits per heavy atom. The van der Waals surface area contributed by atoms with Gasteiger partial charge in [-0.05, 0) is 6.42 Å². The summed E-state index contributed by atoms with van der Waals surface area (Å²) in [5, 5.41) is 0. The first-order valence-corrected chi connectivity index (χ1v) is 4.49. The number of methoxy groups -OCH3 is 1. The van der Waals surface area contributed by atoms with Gasteiger partial charge in [0.1, 0.15) is 17.4 Å². The Morgan fingerprint density at radius 1 is 1.44 bits per heavy atom. The lowest BCUT2D eigenvalue weighted by Crippen LogP contribution is -2.13. The van der Waals surface area contributed by atoms with Crippen LogP contribution in [0.15, 0.2) is 24.8 Å². The van der Waals surface area contributed by atoms with Crippen molar-refractivity contribution in [3.05, 3.63) is 42.0 Å². The highest BCUT2D eigenvalue weighted by Crippen LogP contribution is 2.26. The Kier molecular flexibility index (Phi) is 6.00. The second kappa shape index (κ2) is 6.45. The molecule has 0 aliphatic carbocycles. The first kappa shape index (κ1) is 14.9. The second-order valence-electron chi connectivity index (χ2n) is 3.14. The van der Waals surface area contributed by atoms with Gasteiger partial charge in [0.15, 0.2) is 0 Å². The number of rotatable bonds is 4. The van der Waals surface area contributed by atoms with Crippen LogP contribution in [0.25, 0.3) is 0 Å². The van der Waals surface area contributed by atoms with Gasteiger partial charge < -0.3 is 10.5 Å². The molecule has 0 aromatic heterocycles. The molecule has 0 radical (unpaired) electrons. The van der Waals surface area contributed by atoms with Crippen molar-refractivity contribution in [1.29, 1.82) is 0 Å². The fourth-order valence-electron chi connectivity index (χ4n) is 1.33. The lowest BCUT2D eigenvalue weighted by Gasteiger charge is -2.12. The summed E-state index contributed by atoms with van der Waals surface area (Å²) in [5.74, 6) is -1.25. The molecular weight excluding hydrogens is 236 g/mol. The lowest BCUT2D eigenvalue weighted by atomic mass is 10.0. The van der Waals surface area contributed by atoms with Crippen molar-refractivity contribution >= 4 is 12.4 Å². The van der Waals surface area contributed by atoms with Crippen LogP contribution in [0.3, 0.4) is 0 Å². The van der Waals surface area contributed by atoms with Gasteiger partial charge in [-0.3, -0.25) is 0 Å². The second-order valence-corrected chi connectivity index (χ2v) is 3.14. The average Bonchev–Trinajstić information content (AvgIpc) is 2.16. The molecule has 0 saturated carbocycles. The number of benzene rings is 1. The van der Waals surface area contributed by atoms with E-state index >= 15 is 0 Å². The molecule has 2 N–H and O–H groups in total. The zero-order valence-corrected chi connectivity index (χ0v) is 9.69. The van der Waals surface area contributed by atoms with E-state index in [1.54, 1.807) is 0 Å². The van der Waals surface area contributed by atoms with Gasteiger partial charge in [0.2, 0.25) is 0 Å². The monoisotopic (exact) mass is 249 g/mol. The summed E-state index contributed by atoms with van der Waals surface area (Å²) < 4.78 is 31.6. The van der Waals surface area contributed by atoms with Gasteiger partial charge in [-0.1, -0.05) is 6.08 Å². The largest absolute Gasteiger partial charge is 0.497 e. The first-order valence-electron chi connectivity index (χ1n) is 4.49. The molecule has 0 bridgehead atoms. The molecule has 0 amide bonds. The standard InChI is InChI=1S/C11H13F2NO.ClH/c1-3-4-10(14)11-8(12)5-7(15-2)6-9(11)13;/h3,5-6,10H,1,4,14H2,2H3;1H/t10-;/m1./s1. The molecular formula is C11H14ClF2NO. The van der Waals surface area contributed by atoms with Gasteiger partial charge in [-0.2, -0.15) is 0 Å². The third kappa shape index (κ3) is 3.18. The molecule has 1 aromatic rings. The number of halogens is 3. The minimum absolute atomic E-state index is 0. The Morgan fingerprint density at radius 3 is 2.31 bits per heavy atom. The molecule has 5 heteroatoms. The highest BCUT2D eigenvalue weighted by molar-refractivity contribution is 5.85. The zero-order valence-electron chi connectivity index (χ0n) is 8.87. The van der Waals surface area contributed by atoms with Crippen LogP contribution in [0.5, 0.6) is 5.75 Å². The topological polar surface area (TPSA) is 35.2 Å². The molecule has 1 aromatic carbocycles. The van der Waals surface area contributed by atoms with Crippen LogP contribution >= 0.6 is 12.4 Å². The van der Waals surface area contributed by atoms with E-state index in [0.29, 0.717) is 6.42 Å². The van der Waals surface area contributed by atoms with Crippen molar-refractivity contribution in [1.82, 2.24) is 0 Å². The van der Waals surface area contributed by atoms with Gasteiger partial charge in [0, 0.05) is 23.7 Å². The highest BCUT2D eigenvalue weighted by atomic mass is 35.5. The van der Waals surface area contributed by atoms with Crippen LogP contribution in [0, 0.1) is 11.6 Å². The third-order valence-electron chi connectivity index (χ3n) is 2.08. The summed E-state index contributed by atoms with van der Waals surface area (Å²) in [6, 6.07) is 1.51. The molecule has 90 valence electrons. The van der Waals surface area contributed by atoms with Crippen molar-refractivity contribution in [2.45, 2.75) is 12.5 Å². The van der Waals surface area contributed by atoms with Gasteiger partial charge in [-0.25, -0.2) is 8.78 Å². The minimum Gasteiger partial charge on any atom is -0.497 e. The third-order valence-corrected chi connectivity index (χ3v) is 2.08. The predicted molar refractivity (Wildman–Crippen MR) is 61.9 cm³/mol. The molecule has 2 nitrogen and oxygen atoms in total. The molecule has 16 heavy (non-hydrogen) atoms. The van der Waals surface area contributed by atoms with Crippen LogP contribution in [0.1, 0.15) is 18.0 Å². The maximum Gasteiger partial charge on any atom is 0.134 e. The van der Waals surface area contributed by atoms with E-state index in [9.17, 15) is 8.78 Å². The summed E-state index contributed by atoms with van der Waals surface area (Å²) in [6.45, 7) is 3.47. The molecule has 0 unspecified atom stereocenters. The lowest BCUT2D eigenvalue weighted by molar-refractivity contribution is 0.403. The number of ether oxygens (including phenoxy) is 1.